The molecule has 4 rings (SSSR count). The first-order valence-electron chi connectivity index (χ1n) is 11.6. The topological polar surface area (TPSA) is 43.7 Å². The fraction of sp³-hybridized carbons (Fsp3) is 0.250. The lowest BCUT2D eigenvalue weighted by molar-refractivity contribution is 0.134. The summed E-state index contributed by atoms with van der Waals surface area (Å²) in [5.74, 6) is 0.666. The molecule has 0 saturated carbocycles. The number of amides is 1. The summed E-state index contributed by atoms with van der Waals surface area (Å²) in [7, 11) is 2.00. The Kier molecular flexibility index (Phi) is 7.61. The van der Waals surface area contributed by atoms with E-state index in [9.17, 15) is 9.18 Å². The van der Waals surface area contributed by atoms with Crippen LogP contribution in [0.15, 0.2) is 60.1 Å². The van der Waals surface area contributed by atoms with E-state index < -0.39 is 12.1 Å². The van der Waals surface area contributed by atoms with Crippen molar-refractivity contribution < 1.29 is 18.7 Å². The van der Waals surface area contributed by atoms with Gasteiger partial charge in [0.2, 0.25) is 0 Å². The molecular weight excluding hydrogens is 467 g/mol. The molecule has 1 aromatic heterocycles. The van der Waals surface area contributed by atoms with E-state index >= 15 is 0 Å². The molecule has 35 heavy (non-hydrogen) atoms. The highest BCUT2D eigenvalue weighted by atomic mass is 35.5. The van der Waals surface area contributed by atoms with Crippen LogP contribution in [0.2, 0.25) is 0 Å². The molecule has 3 aromatic rings. The van der Waals surface area contributed by atoms with Crippen LogP contribution in [0.3, 0.4) is 0 Å². The SMILES string of the molecule is C/C=C\c1c(/C=C/Cl)c2c(n1C)C(c1ccc(OCC)cc1)N(C(=O)Oc1ccc(F)cc1)CC2. The van der Waals surface area contributed by atoms with E-state index in [0.717, 1.165) is 33.8 Å². The molecule has 0 bridgehead atoms. The lowest BCUT2D eigenvalue weighted by Crippen LogP contribution is -2.42. The van der Waals surface area contributed by atoms with Gasteiger partial charge in [-0.1, -0.05) is 29.8 Å². The van der Waals surface area contributed by atoms with Gasteiger partial charge in [-0.05, 0) is 79.9 Å². The average molecular weight is 495 g/mol. The average Bonchev–Trinajstić information content (AvgIpc) is 3.12. The van der Waals surface area contributed by atoms with Crippen LogP contribution in [0.25, 0.3) is 12.2 Å². The first kappa shape index (κ1) is 24.6. The van der Waals surface area contributed by atoms with Gasteiger partial charge < -0.3 is 14.0 Å². The molecule has 182 valence electrons. The van der Waals surface area contributed by atoms with Crippen LogP contribution in [0.4, 0.5) is 9.18 Å². The number of aromatic nitrogens is 1. The van der Waals surface area contributed by atoms with Gasteiger partial charge in [-0.15, -0.1) is 0 Å². The second kappa shape index (κ2) is 10.8. The van der Waals surface area contributed by atoms with E-state index in [1.807, 2.05) is 63.4 Å². The fourth-order valence-corrected chi connectivity index (χ4v) is 4.77. The van der Waals surface area contributed by atoms with Crippen molar-refractivity contribution in [1.29, 1.82) is 0 Å². The molecule has 0 spiro atoms. The zero-order chi connectivity index (χ0) is 24.9. The van der Waals surface area contributed by atoms with Crippen molar-refractivity contribution in [3.05, 3.63) is 94.0 Å². The Bertz CT molecular complexity index is 1250. The first-order valence-corrected chi connectivity index (χ1v) is 12.0. The minimum Gasteiger partial charge on any atom is -0.494 e. The van der Waals surface area contributed by atoms with Crippen molar-refractivity contribution in [2.45, 2.75) is 26.3 Å². The molecular formula is C28H28ClFN2O3. The third-order valence-corrected chi connectivity index (χ3v) is 6.25. The molecule has 1 aliphatic heterocycles. The summed E-state index contributed by atoms with van der Waals surface area (Å²) in [5.41, 5.74) is 6.64. The molecule has 1 atom stereocenters. The molecule has 1 amide bonds. The largest absolute Gasteiger partial charge is 0.494 e. The fourth-order valence-electron chi connectivity index (χ4n) is 4.64. The highest BCUT2D eigenvalue weighted by Gasteiger charge is 2.37. The number of ether oxygens (including phenoxy) is 2. The minimum absolute atomic E-state index is 0.292. The second-order valence-electron chi connectivity index (χ2n) is 8.18. The smallest absolute Gasteiger partial charge is 0.416 e. The van der Waals surface area contributed by atoms with Crippen molar-refractivity contribution in [1.82, 2.24) is 9.47 Å². The number of hydrogen-bond acceptors (Lipinski definition) is 3. The second-order valence-corrected chi connectivity index (χ2v) is 8.44. The summed E-state index contributed by atoms with van der Waals surface area (Å²) in [5, 5.41) is 0. The number of fused-ring (bicyclic) bond motifs is 1. The Morgan fingerprint density at radius 1 is 1.11 bits per heavy atom. The maximum Gasteiger partial charge on any atom is 0.416 e. The molecule has 1 aliphatic rings. The molecule has 0 aliphatic carbocycles. The minimum atomic E-state index is -0.496. The van der Waals surface area contributed by atoms with Crippen molar-refractivity contribution in [2.75, 3.05) is 13.2 Å². The van der Waals surface area contributed by atoms with Gasteiger partial charge in [-0.2, -0.15) is 0 Å². The normalized spacial score (nSPS) is 15.6. The maximum absolute atomic E-state index is 13.4. The number of hydrogen-bond donors (Lipinski definition) is 0. The van der Waals surface area contributed by atoms with Crippen molar-refractivity contribution >= 4 is 29.8 Å². The van der Waals surface area contributed by atoms with Gasteiger partial charge >= 0.3 is 6.09 Å². The Morgan fingerprint density at radius 2 is 1.80 bits per heavy atom. The highest BCUT2D eigenvalue weighted by Crippen LogP contribution is 2.41. The monoisotopic (exact) mass is 494 g/mol. The number of nitrogens with zero attached hydrogens (tertiary/aromatic N) is 2. The molecule has 0 radical (unpaired) electrons. The number of benzene rings is 2. The quantitative estimate of drug-likeness (QED) is 0.372. The van der Waals surface area contributed by atoms with Crippen LogP contribution in [0.1, 0.15) is 48.0 Å². The van der Waals surface area contributed by atoms with E-state index in [-0.39, 0.29) is 5.82 Å². The molecule has 0 saturated heterocycles. The van der Waals surface area contributed by atoms with Gasteiger partial charge in [0.25, 0.3) is 0 Å². The number of allylic oxidation sites excluding steroid dienone is 1. The van der Waals surface area contributed by atoms with Gasteiger partial charge in [0.05, 0.1) is 6.61 Å². The van der Waals surface area contributed by atoms with Gasteiger partial charge in [0, 0.05) is 36.1 Å². The van der Waals surface area contributed by atoms with Gasteiger partial charge in [-0.3, -0.25) is 4.90 Å². The molecule has 0 N–H and O–H groups in total. The zero-order valence-corrected chi connectivity index (χ0v) is 20.8. The number of carbonyl (C=O) groups is 1. The molecule has 7 heteroatoms. The Hall–Kier alpha value is -3.51. The molecule has 1 unspecified atom stereocenters. The third-order valence-electron chi connectivity index (χ3n) is 6.12. The number of carbonyl (C=O) groups excluding carboxylic acids is 1. The predicted octanol–water partition coefficient (Wildman–Crippen LogP) is 6.95. The summed E-state index contributed by atoms with van der Waals surface area (Å²) in [6.07, 6.45) is 6.07. The Morgan fingerprint density at radius 3 is 2.43 bits per heavy atom. The summed E-state index contributed by atoms with van der Waals surface area (Å²) < 4.78 is 26.7. The van der Waals surface area contributed by atoms with E-state index in [2.05, 4.69) is 4.57 Å². The predicted molar refractivity (Wildman–Crippen MR) is 137 cm³/mol. The van der Waals surface area contributed by atoms with Crippen LogP contribution in [-0.4, -0.2) is 28.7 Å². The molecule has 0 fully saturated rings. The van der Waals surface area contributed by atoms with Crippen molar-refractivity contribution in [3.63, 3.8) is 0 Å². The van der Waals surface area contributed by atoms with Crippen molar-refractivity contribution in [3.8, 4) is 11.5 Å². The summed E-state index contributed by atoms with van der Waals surface area (Å²) >= 11 is 6.00. The van der Waals surface area contributed by atoms with Crippen LogP contribution in [0, 0.1) is 5.82 Å². The lowest BCUT2D eigenvalue weighted by atomic mass is 9.91. The lowest BCUT2D eigenvalue weighted by Gasteiger charge is -2.36. The number of halogens is 2. The summed E-state index contributed by atoms with van der Waals surface area (Å²) in [6.45, 7) is 4.93. The van der Waals surface area contributed by atoms with Gasteiger partial charge in [0.15, 0.2) is 0 Å². The van der Waals surface area contributed by atoms with E-state index in [0.29, 0.717) is 25.3 Å². The van der Waals surface area contributed by atoms with Crippen LogP contribution in [0.5, 0.6) is 11.5 Å². The summed E-state index contributed by atoms with van der Waals surface area (Å²) in [6, 6.07) is 12.8. The maximum atomic E-state index is 13.4. The summed E-state index contributed by atoms with van der Waals surface area (Å²) in [4.78, 5) is 15.1. The van der Waals surface area contributed by atoms with Crippen LogP contribution < -0.4 is 9.47 Å². The number of rotatable bonds is 6. The Balaban J connectivity index is 1.81. The third kappa shape index (κ3) is 4.98. The highest BCUT2D eigenvalue weighted by molar-refractivity contribution is 6.27. The van der Waals surface area contributed by atoms with Crippen LogP contribution in [-0.2, 0) is 13.5 Å². The van der Waals surface area contributed by atoms with Crippen LogP contribution >= 0.6 is 11.6 Å². The van der Waals surface area contributed by atoms with Gasteiger partial charge in [-0.25, -0.2) is 9.18 Å². The first-order chi connectivity index (χ1) is 17.0. The van der Waals surface area contributed by atoms with E-state index in [4.69, 9.17) is 21.1 Å². The molecule has 2 aromatic carbocycles. The zero-order valence-electron chi connectivity index (χ0n) is 20.0. The Labute approximate surface area is 210 Å². The standard InChI is InChI=1S/C28H28ClFN2O3/c1-4-6-25-23(15-17-29)24-16-18-32(28(33)35-22-13-9-20(30)10-14-22)26(27(24)31(25)3)19-7-11-21(12-8-19)34-5-2/h4,6-15,17,26H,5,16,18H2,1-3H3/b6-4-,17-15+. The van der Waals surface area contributed by atoms with E-state index in [1.54, 1.807) is 4.90 Å². The molecule has 2 heterocycles. The molecule has 5 nitrogen and oxygen atoms in total. The van der Waals surface area contributed by atoms with E-state index in [1.165, 1.54) is 29.8 Å². The van der Waals surface area contributed by atoms with Gasteiger partial charge in [0.1, 0.15) is 23.4 Å². The van der Waals surface area contributed by atoms with Crippen molar-refractivity contribution in [2.24, 2.45) is 7.05 Å².